The van der Waals surface area contributed by atoms with Crippen LogP contribution in [0.4, 0.5) is 0 Å². The quantitative estimate of drug-likeness (QED) is 0.637. The first-order valence-corrected chi connectivity index (χ1v) is 9.32. The molecule has 0 aliphatic carbocycles. The first-order valence-electron chi connectivity index (χ1n) is 9.32. The standard InChI is InChI=1S/C22H21N3O5/c1-13-19(20(24-30-13)15-8-6-5-7-9-15)21-23-25(14(2)26)22(29-21)17-11-10-16(27-3)12-18(17)28-4/h5-12,22H,1-4H3/t22-/m0/s1. The van der Waals surface area contributed by atoms with Crippen molar-refractivity contribution < 1.29 is 23.5 Å². The number of carbonyl (C=O) groups is 1. The molecule has 0 N–H and O–H groups in total. The SMILES string of the molecule is COc1ccc([C@@H]2OC(c3c(-c4ccccc4)noc3C)=NN2C(C)=O)c(OC)c1. The lowest BCUT2D eigenvalue weighted by molar-refractivity contribution is -0.135. The van der Waals surface area contributed by atoms with Gasteiger partial charge >= 0.3 is 0 Å². The lowest BCUT2D eigenvalue weighted by Crippen LogP contribution is -2.25. The minimum atomic E-state index is -0.795. The Hall–Kier alpha value is -3.81. The van der Waals surface area contributed by atoms with Crippen LogP contribution in [0.1, 0.15) is 30.0 Å². The first kappa shape index (κ1) is 19.5. The van der Waals surface area contributed by atoms with Gasteiger partial charge in [0.1, 0.15) is 28.5 Å². The summed E-state index contributed by atoms with van der Waals surface area (Å²) in [6, 6.07) is 14.9. The highest BCUT2D eigenvalue weighted by Gasteiger charge is 2.37. The second-order valence-corrected chi connectivity index (χ2v) is 6.68. The van der Waals surface area contributed by atoms with E-state index in [1.54, 1.807) is 39.3 Å². The van der Waals surface area contributed by atoms with Gasteiger partial charge in [-0.1, -0.05) is 35.5 Å². The summed E-state index contributed by atoms with van der Waals surface area (Å²) in [4.78, 5) is 12.3. The summed E-state index contributed by atoms with van der Waals surface area (Å²) < 4.78 is 22.3. The summed E-state index contributed by atoms with van der Waals surface area (Å²) in [6.07, 6.45) is -0.795. The molecule has 0 spiro atoms. The van der Waals surface area contributed by atoms with E-state index in [-0.39, 0.29) is 11.8 Å². The van der Waals surface area contributed by atoms with Crippen LogP contribution >= 0.6 is 0 Å². The van der Waals surface area contributed by atoms with Gasteiger partial charge in [0, 0.05) is 18.6 Å². The summed E-state index contributed by atoms with van der Waals surface area (Å²) in [5.74, 6) is 1.67. The second-order valence-electron chi connectivity index (χ2n) is 6.68. The third-order valence-corrected chi connectivity index (χ3v) is 4.80. The van der Waals surface area contributed by atoms with E-state index in [1.807, 2.05) is 30.3 Å². The van der Waals surface area contributed by atoms with Crippen LogP contribution in [0.15, 0.2) is 58.2 Å². The molecule has 0 fully saturated rings. The fourth-order valence-corrected chi connectivity index (χ4v) is 3.31. The summed E-state index contributed by atoms with van der Waals surface area (Å²) in [5, 5.41) is 9.90. The number of hydrogen-bond donors (Lipinski definition) is 0. The van der Waals surface area contributed by atoms with Gasteiger partial charge in [-0.3, -0.25) is 4.79 Å². The number of nitrogens with zero attached hydrogens (tertiary/aromatic N) is 3. The molecule has 8 nitrogen and oxygen atoms in total. The molecule has 4 rings (SSSR count). The molecule has 30 heavy (non-hydrogen) atoms. The van der Waals surface area contributed by atoms with Gasteiger partial charge in [0.05, 0.1) is 19.8 Å². The highest BCUT2D eigenvalue weighted by Crippen LogP contribution is 2.39. The van der Waals surface area contributed by atoms with E-state index in [0.717, 1.165) is 5.56 Å². The van der Waals surface area contributed by atoms with E-state index in [1.165, 1.54) is 11.9 Å². The van der Waals surface area contributed by atoms with Crippen molar-refractivity contribution in [3.8, 4) is 22.8 Å². The van der Waals surface area contributed by atoms with Crippen molar-refractivity contribution in [1.29, 1.82) is 0 Å². The lowest BCUT2D eigenvalue weighted by Gasteiger charge is -2.21. The number of hydrazone groups is 1. The molecule has 3 aromatic rings. The zero-order chi connectivity index (χ0) is 21.3. The van der Waals surface area contributed by atoms with E-state index >= 15 is 0 Å². The topological polar surface area (TPSA) is 86.4 Å². The normalized spacial score (nSPS) is 15.5. The number of aryl methyl sites for hydroxylation is 1. The van der Waals surface area contributed by atoms with Crippen LogP contribution in [0.2, 0.25) is 0 Å². The average molecular weight is 407 g/mol. The molecule has 0 bridgehead atoms. The number of hydrogen-bond acceptors (Lipinski definition) is 7. The zero-order valence-corrected chi connectivity index (χ0v) is 17.1. The van der Waals surface area contributed by atoms with Crippen molar-refractivity contribution in [2.45, 2.75) is 20.1 Å². The minimum absolute atomic E-state index is 0.255. The van der Waals surface area contributed by atoms with Crippen molar-refractivity contribution in [3.63, 3.8) is 0 Å². The molecule has 0 saturated carbocycles. The van der Waals surface area contributed by atoms with Gasteiger partial charge in [-0.25, -0.2) is 0 Å². The van der Waals surface area contributed by atoms with Gasteiger partial charge in [-0.05, 0) is 19.1 Å². The third-order valence-electron chi connectivity index (χ3n) is 4.80. The Morgan fingerprint density at radius 3 is 2.53 bits per heavy atom. The van der Waals surface area contributed by atoms with Crippen molar-refractivity contribution in [2.75, 3.05) is 14.2 Å². The summed E-state index contributed by atoms with van der Waals surface area (Å²) >= 11 is 0. The molecule has 0 saturated heterocycles. The van der Waals surface area contributed by atoms with Gasteiger partial charge in [-0.15, -0.1) is 5.10 Å². The average Bonchev–Trinajstić information content (AvgIpc) is 3.37. The summed E-state index contributed by atoms with van der Waals surface area (Å²) in [6.45, 7) is 3.21. The van der Waals surface area contributed by atoms with Crippen molar-refractivity contribution in [2.24, 2.45) is 5.10 Å². The Bertz CT molecular complexity index is 1110. The largest absolute Gasteiger partial charge is 0.497 e. The number of rotatable bonds is 5. The van der Waals surface area contributed by atoms with Gasteiger partial charge in [0.2, 0.25) is 18.0 Å². The molecule has 1 atom stereocenters. The number of aromatic nitrogens is 1. The van der Waals surface area contributed by atoms with E-state index in [9.17, 15) is 4.79 Å². The number of amides is 1. The minimum Gasteiger partial charge on any atom is -0.497 e. The molecular formula is C22H21N3O5. The number of ether oxygens (including phenoxy) is 3. The molecule has 8 heteroatoms. The van der Waals surface area contributed by atoms with Crippen LogP contribution < -0.4 is 9.47 Å². The van der Waals surface area contributed by atoms with E-state index in [0.29, 0.717) is 34.1 Å². The second kappa shape index (κ2) is 7.90. The monoisotopic (exact) mass is 407 g/mol. The molecule has 2 aromatic carbocycles. The third kappa shape index (κ3) is 3.36. The summed E-state index contributed by atoms with van der Waals surface area (Å²) in [7, 11) is 3.12. The van der Waals surface area contributed by atoms with Crippen LogP contribution in [0.5, 0.6) is 11.5 Å². The van der Waals surface area contributed by atoms with Crippen LogP contribution in [0.25, 0.3) is 11.3 Å². The summed E-state index contributed by atoms with van der Waals surface area (Å²) in [5.41, 5.74) is 2.69. The van der Waals surface area contributed by atoms with Crippen LogP contribution in [-0.2, 0) is 9.53 Å². The lowest BCUT2D eigenvalue weighted by atomic mass is 10.1. The number of carbonyl (C=O) groups excluding carboxylic acids is 1. The molecule has 2 heterocycles. The van der Waals surface area contributed by atoms with Gasteiger partial charge in [-0.2, -0.15) is 5.01 Å². The highest BCUT2D eigenvalue weighted by atomic mass is 16.5. The predicted octanol–water partition coefficient (Wildman–Crippen LogP) is 3.91. The Morgan fingerprint density at radius 1 is 1.10 bits per heavy atom. The molecule has 1 aliphatic rings. The number of methoxy groups -OCH3 is 2. The van der Waals surface area contributed by atoms with Gasteiger partial charge in [0.15, 0.2) is 0 Å². The van der Waals surface area contributed by atoms with E-state index < -0.39 is 6.23 Å². The predicted molar refractivity (Wildman–Crippen MR) is 109 cm³/mol. The fourth-order valence-electron chi connectivity index (χ4n) is 3.31. The highest BCUT2D eigenvalue weighted by molar-refractivity contribution is 6.02. The Labute approximate surface area is 173 Å². The van der Waals surface area contributed by atoms with Gasteiger partial charge in [0.25, 0.3) is 0 Å². The maximum Gasteiger partial charge on any atom is 0.247 e. The smallest absolute Gasteiger partial charge is 0.247 e. The van der Waals surface area contributed by atoms with Gasteiger partial charge < -0.3 is 18.7 Å². The maximum atomic E-state index is 12.3. The molecule has 1 aromatic heterocycles. The fraction of sp³-hybridized carbons (Fsp3) is 0.227. The Balaban J connectivity index is 1.77. The maximum absolute atomic E-state index is 12.3. The van der Waals surface area contributed by atoms with Crippen LogP contribution in [0, 0.1) is 6.92 Å². The molecule has 1 amide bonds. The molecule has 0 unspecified atom stereocenters. The van der Waals surface area contributed by atoms with Crippen LogP contribution in [0.3, 0.4) is 0 Å². The Morgan fingerprint density at radius 2 is 1.87 bits per heavy atom. The van der Waals surface area contributed by atoms with Crippen molar-refractivity contribution in [1.82, 2.24) is 10.2 Å². The van der Waals surface area contributed by atoms with E-state index in [2.05, 4.69) is 10.3 Å². The van der Waals surface area contributed by atoms with Crippen molar-refractivity contribution >= 4 is 11.8 Å². The molecular weight excluding hydrogens is 386 g/mol. The molecule has 0 radical (unpaired) electrons. The number of benzene rings is 2. The molecule has 1 aliphatic heterocycles. The Kier molecular flexibility index (Phi) is 5.14. The van der Waals surface area contributed by atoms with Crippen molar-refractivity contribution in [3.05, 3.63) is 65.4 Å². The molecule has 154 valence electrons. The zero-order valence-electron chi connectivity index (χ0n) is 17.1. The van der Waals surface area contributed by atoms with Crippen LogP contribution in [-0.4, -0.2) is 36.2 Å². The first-order chi connectivity index (χ1) is 14.5. The van der Waals surface area contributed by atoms with E-state index in [4.69, 9.17) is 18.7 Å².